The molecule has 1 aromatic carbocycles. The summed E-state index contributed by atoms with van der Waals surface area (Å²) in [6, 6.07) is 8.13. The van der Waals surface area contributed by atoms with Gasteiger partial charge in [-0.25, -0.2) is 9.78 Å². The van der Waals surface area contributed by atoms with Crippen LogP contribution in [-0.2, 0) is 11.2 Å². The molecular formula is C21H24N4O3S. The van der Waals surface area contributed by atoms with Gasteiger partial charge in [0.1, 0.15) is 0 Å². The van der Waals surface area contributed by atoms with Crippen molar-refractivity contribution in [2.24, 2.45) is 0 Å². The average molecular weight is 413 g/mol. The van der Waals surface area contributed by atoms with E-state index in [-0.39, 0.29) is 5.78 Å². The third-order valence-electron chi connectivity index (χ3n) is 4.83. The van der Waals surface area contributed by atoms with Crippen LogP contribution in [0.3, 0.4) is 0 Å². The second kappa shape index (κ2) is 8.65. The lowest BCUT2D eigenvalue weighted by molar-refractivity contribution is 0.0599. The van der Waals surface area contributed by atoms with Crippen LogP contribution in [0.5, 0.6) is 0 Å². The van der Waals surface area contributed by atoms with Crippen LogP contribution >= 0.6 is 11.8 Å². The van der Waals surface area contributed by atoms with Crippen molar-refractivity contribution in [1.82, 2.24) is 20.2 Å². The van der Waals surface area contributed by atoms with E-state index in [1.54, 1.807) is 20.8 Å². The van der Waals surface area contributed by atoms with Crippen LogP contribution in [0.15, 0.2) is 29.4 Å². The number of hydrogen-bond acceptors (Lipinski definition) is 6. The van der Waals surface area contributed by atoms with Crippen molar-refractivity contribution in [2.75, 3.05) is 7.11 Å². The van der Waals surface area contributed by atoms with Crippen LogP contribution in [0.1, 0.15) is 51.5 Å². The maximum Gasteiger partial charge on any atom is 0.339 e. The first-order valence-electron chi connectivity index (χ1n) is 9.35. The van der Waals surface area contributed by atoms with E-state index in [1.807, 2.05) is 12.1 Å². The van der Waals surface area contributed by atoms with Crippen molar-refractivity contribution in [3.63, 3.8) is 0 Å². The number of Topliss-reactive ketones (excluding diaryl/α,β-unsaturated/α-hetero) is 1. The Morgan fingerprint density at radius 3 is 2.52 bits per heavy atom. The van der Waals surface area contributed by atoms with E-state index in [0.29, 0.717) is 33.5 Å². The highest BCUT2D eigenvalue weighted by Crippen LogP contribution is 2.27. The number of carbonyl (C=O) groups is 2. The number of ether oxygens (including phenoxy) is 1. The zero-order valence-electron chi connectivity index (χ0n) is 17.1. The minimum atomic E-state index is -0.455. The fourth-order valence-electron chi connectivity index (χ4n) is 3.15. The molecule has 0 bridgehead atoms. The molecule has 2 N–H and O–H groups in total. The lowest BCUT2D eigenvalue weighted by Crippen LogP contribution is -2.15. The lowest BCUT2D eigenvalue weighted by Gasteiger charge is -2.07. The quantitative estimate of drug-likeness (QED) is 0.344. The van der Waals surface area contributed by atoms with Crippen molar-refractivity contribution >= 4 is 23.5 Å². The summed E-state index contributed by atoms with van der Waals surface area (Å²) < 4.78 is 4.81. The number of nitrogens with zero attached hydrogens (tertiary/aromatic N) is 2. The zero-order chi connectivity index (χ0) is 21.1. The minimum Gasteiger partial charge on any atom is -0.465 e. The summed E-state index contributed by atoms with van der Waals surface area (Å²) in [5, 5.41) is 7.22. The maximum absolute atomic E-state index is 12.9. The van der Waals surface area contributed by atoms with E-state index in [1.165, 1.54) is 24.4 Å². The van der Waals surface area contributed by atoms with Gasteiger partial charge >= 0.3 is 5.97 Å². The number of aromatic nitrogens is 4. The van der Waals surface area contributed by atoms with Crippen molar-refractivity contribution in [3.8, 4) is 11.4 Å². The Morgan fingerprint density at radius 1 is 1.21 bits per heavy atom. The fourth-order valence-corrected chi connectivity index (χ4v) is 3.93. The highest BCUT2D eigenvalue weighted by molar-refractivity contribution is 8.00. The van der Waals surface area contributed by atoms with Crippen molar-refractivity contribution in [2.45, 2.75) is 44.5 Å². The van der Waals surface area contributed by atoms with Crippen molar-refractivity contribution in [1.29, 1.82) is 0 Å². The number of rotatable bonds is 7. The van der Waals surface area contributed by atoms with Gasteiger partial charge in [-0.3, -0.25) is 9.89 Å². The van der Waals surface area contributed by atoms with E-state index < -0.39 is 11.2 Å². The van der Waals surface area contributed by atoms with Gasteiger partial charge in [-0.15, -0.1) is 5.10 Å². The number of benzene rings is 1. The molecule has 0 aliphatic rings. The van der Waals surface area contributed by atoms with E-state index in [9.17, 15) is 9.59 Å². The summed E-state index contributed by atoms with van der Waals surface area (Å²) in [5.41, 5.74) is 4.23. The molecule has 1 atom stereocenters. The molecule has 0 saturated carbocycles. The molecule has 8 heteroatoms. The molecule has 29 heavy (non-hydrogen) atoms. The molecule has 0 aliphatic carbocycles. The summed E-state index contributed by atoms with van der Waals surface area (Å²) in [7, 11) is 1.32. The number of hydrogen-bond donors (Lipinski definition) is 2. The maximum atomic E-state index is 12.9. The summed E-state index contributed by atoms with van der Waals surface area (Å²) in [5.74, 6) is 0.0855. The number of H-pyrrole nitrogens is 2. The number of methoxy groups -OCH3 is 1. The number of esters is 1. The van der Waals surface area contributed by atoms with Crippen LogP contribution in [0, 0.1) is 13.8 Å². The highest BCUT2D eigenvalue weighted by atomic mass is 32.2. The van der Waals surface area contributed by atoms with Crippen LogP contribution in [0.2, 0.25) is 0 Å². The summed E-state index contributed by atoms with van der Waals surface area (Å²) in [4.78, 5) is 32.4. The molecule has 0 amide bonds. The Morgan fingerprint density at radius 2 is 1.90 bits per heavy atom. The topological polar surface area (TPSA) is 101 Å². The van der Waals surface area contributed by atoms with Crippen molar-refractivity contribution < 1.29 is 14.3 Å². The van der Waals surface area contributed by atoms with Gasteiger partial charge in [0.15, 0.2) is 11.6 Å². The standard InChI is InChI=1S/C21H24N4O3S/c1-6-14-7-9-15(10-8-14)19-23-21(25-24-19)29-13(4)18(26)17-11(2)16(12(3)22-17)20(27)28-5/h7-10,13,22H,6H2,1-5H3,(H,23,24,25). The molecular weight excluding hydrogens is 388 g/mol. The third-order valence-corrected chi connectivity index (χ3v) is 5.79. The summed E-state index contributed by atoms with van der Waals surface area (Å²) >= 11 is 1.27. The summed E-state index contributed by atoms with van der Waals surface area (Å²) in [6.45, 7) is 7.40. The van der Waals surface area contributed by atoms with E-state index in [2.05, 4.69) is 39.2 Å². The molecule has 2 aromatic heterocycles. The third kappa shape index (κ3) is 4.27. The predicted octanol–water partition coefficient (Wildman–Crippen LogP) is 4.13. The van der Waals surface area contributed by atoms with Crippen LogP contribution in [-0.4, -0.2) is 44.3 Å². The number of ketones is 1. The predicted molar refractivity (Wildman–Crippen MR) is 112 cm³/mol. The Kier molecular flexibility index (Phi) is 6.22. The average Bonchev–Trinajstić information content (AvgIpc) is 3.31. The Bertz CT molecular complexity index is 1040. The van der Waals surface area contributed by atoms with Gasteiger partial charge in [0.2, 0.25) is 5.16 Å². The van der Waals surface area contributed by atoms with Gasteiger partial charge < -0.3 is 9.72 Å². The summed E-state index contributed by atoms with van der Waals surface area (Å²) in [6.07, 6.45) is 0.979. The van der Waals surface area contributed by atoms with Gasteiger partial charge in [0, 0.05) is 11.3 Å². The fraction of sp³-hybridized carbons (Fsp3) is 0.333. The van der Waals surface area contributed by atoms with Gasteiger partial charge in [0.25, 0.3) is 0 Å². The largest absolute Gasteiger partial charge is 0.465 e. The van der Waals surface area contributed by atoms with Gasteiger partial charge in [0.05, 0.1) is 23.6 Å². The molecule has 0 spiro atoms. The molecule has 2 heterocycles. The van der Waals surface area contributed by atoms with Crippen LogP contribution in [0.4, 0.5) is 0 Å². The van der Waals surface area contributed by atoms with E-state index >= 15 is 0 Å². The normalized spacial score (nSPS) is 12.0. The second-order valence-corrected chi connectivity index (χ2v) is 8.07. The second-order valence-electron chi connectivity index (χ2n) is 6.76. The number of carbonyl (C=O) groups excluding carboxylic acids is 2. The first kappa shape index (κ1) is 20.9. The smallest absolute Gasteiger partial charge is 0.339 e. The molecule has 0 fully saturated rings. The Balaban J connectivity index is 1.75. The van der Waals surface area contributed by atoms with Crippen molar-refractivity contribution in [3.05, 3.63) is 52.3 Å². The minimum absolute atomic E-state index is 0.121. The van der Waals surface area contributed by atoms with Gasteiger partial charge in [-0.1, -0.05) is 43.0 Å². The SMILES string of the molecule is CCc1ccc(-c2nc(SC(C)C(=O)c3[nH]c(C)c(C(=O)OC)c3C)n[nH]2)cc1. The Hall–Kier alpha value is -2.87. The first-order valence-corrected chi connectivity index (χ1v) is 10.2. The molecule has 0 radical (unpaired) electrons. The van der Waals surface area contributed by atoms with Gasteiger partial charge in [-0.05, 0) is 38.3 Å². The van der Waals surface area contributed by atoms with E-state index in [4.69, 9.17) is 4.74 Å². The molecule has 3 rings (SSSR count). The Labute approximate surface area is 173 Å². The molecule has 1 unspecified atom stereocenters. The molecule has 0 saturated heterocycles. The first-order chi connectivity index (χ1) is 13.8. The lowest BCUT2D eigenvalue weighted by atomic mass is 10.1. The molecule has 7 nitrogen and oxygen atoms in total. The molecule has 0 aliphatic heterocycles. The van der Waals surface area contributed by atoms with Gasteiger partial charge in [-0.2, -0.15) is 0 Å². The highest BCUT2D eigenvalue weighted by Gasteiger charge is 2.26. The number of nitrogens with one attached hydrogen (secondary N) is 2. The number of thioether (sulfide) groups is 1. The number of aryl methyl sites for hydroxylation is 2. The zero-order valence-corrected chi connectivity index (χ0v) is 17.9. The van der Waals surface area contributed by atoms with E-state index in [0.717, 1.165) is 12.0 Å². The van der Waals surface area contributed by atoms with Crippen LogP contribution in [0.25, 0.3) is 11.4 Å². The monoisotopic (exact) mass is 412 g/mol. The molecule has 152 valence electrons. The number of aromatic amines is 2. The molecule has 3 aromatic rings. The van der Waals surface area contributed by atoms with Crippen LogP contribution < -0.4 is 0 Å².